The quantitative estimate of drug-likeness (QED) is 0.275. The summed E-state index contributed by atoms with van der Waals surface area (Å²) < 4.78 is 4.56. The van der Waals surface area contributed by atoms with E-state index in [1.807, 2.05) is 0 Å². The van der Waals surface area contributed by atoms with Crippen molar-refractivity contribution in [1.29, 1.82) is 0 Å². The van der Waals surface area contributed by atoms with Crippen LogP contribution < -0.4 is 0 Å². The maximum Gasteiger partial charge on any atom is 0.218 e. The predicted molar refractivity (Wildman–Crippen MR) is 36.0 cm³/mol. The van der Waals surface area contributed by atoms with Crippen LogP contribution in [0.25, 0.3) is 0 Å². The lowest BCUT2D eigenvalue weighted by Crippen LogP contribution is -2.62. The van der Waals surface area contributed by atoms with Gasteiger partial charge in [-0.15, -0.1) is 0 Å². The Balaban J connectivity index is 2.71. The zero-order valence-corrected chi connectivity index (χ0v) is 6.29. The van der Waals surface area contributed by atoms with E-state index < -0.39 is 30.7 Å². The molecule has 0 aromatic rings. The normalized spacial score (nSPS) is 49.2. The molecule has 0 aliphatic carbocycles. The van der Waals surface area contributed by atoms with Gasteiger partial charge in [-0.2, -0.15) is 0 Å². The SMILES string of the molecule is O[13CH2][13C]1(O)O[13CH2][13C@H](O)[13C@H](O)[13C@H]1O. The maximum absolute atomic E-state index is 9.24. The van der Waals surface area contributed by atoms with Crippen molar-refractivity contribution >= 4 is 0 Å². The molecule has 0 radical (unpaired) electrons. The van der Waals surface area contributed by atoms with Crippen LogP contribution in [0.4, 0.5) is 0 Å². The van der Waals surface area contributed by atoms with Crippen LogP contribution in [-0.4, -0.2) is 62.8 Å². The second-order valence-corrected chi connectivity index (χ2v) is 2.82. The van der Waals surface area contributed by atoms with Crippen LogP contribution >= 0.6 is 0 Å². The third kappa shape index (κ3) is 1.45. The number of aliphatic hydroxyl groups excluding tert-OH is 4. The van der Waals surface area contributed by atoms with Gasteiger partial charge in [0.25, 0.3) is 0 Å². The molecule has 1 heterocycles. The molecule has 4 atom stereocenters. The number of aliphatic hydroxyl groups is 5. The Labute approximate surface area is 68.6 Å². The Morgan fingerprint density at radius 1 is 1.33 bits per heavy atom. The highest BCUT2D eigenvalue weighted by Crippen LogP contribution is 2.22. The van der Waals surface area contributed by atoms with Crippen molar-refractivity contribution < 1.29 is 30.3 Å². The summed E-state index contributed by atoms with van der Waals surface area (Å²) >= 11 is 0. The Morgan fingerprint density at radius 3 is 2.42 bits per heavy atom. The second kappa shape index (κ2) is 3.25. The van der Waals surface area contributed by atoms with Crippen LogP contribution in [0.3, 0.4) is 0 Å². The van der Waals surface area contributed by atoms with E-state index in [1.165, 1.54) is 0 Å². The first-order valence-electron chi connectivity index (χ1n) is 3.52. The van der Waals surface area contributed by atoms with Gasteiger partial charge in [-0.3, -0.25) is 0 Å². The van der Waals surface area contributed by atoms with Gasteiger partial charge in [-0.1, -0.05) is 0 Å². The summed E-state index contributed by atoms with van der Waals surface area (Å²) in [6, 6.07) is 0. The molecule has 1 aliphatic rings. The molecular weight excluding hydrogens is 174 g/mol. The van der Waals surface area contributed by atoms with Gasteiger partial charge < -0.3 is 30.3 Å². The molecule has 1 aliphatic heterocycles. The van der Waals surface area contributed by atoms with Crippen molar-refractivity contribution in [2.45, 2.75) is 24.1 Å². The highest BCUT2D eigenvalue weighted by atomic mass is 16.9. The van der Waals surface area contributed by atoms with Crippen molar-refractivity contribution in [3.63, 3.8) is 0 Å². The Kier molecular flexibility index (Phi) is 2.67. The average molecular weight is 186 g/mol. The highest BCUT2D eigenvalue weighted by Gasteiger charge is 2.47. The summed E-state index contributed by atoms with van der Waals surface area (Å²) in [7, 11) is 0. The molecule has 0 aromatic heterocycles. The third-order valence-electron chi connectivity index (χ3n) is 1.91. The van der Waals surface area contributed by atoms with Crippen molar-refractivity contribution in [2.75, 3.05) is 13.2 Å². The fraction of sp³-hybridized carbons (Fsp3) is 1.00. The third-order valence-corrected chi connectivity index (χ3v) is 1.91. The van der Waals surface area contributed by atoms with Crippen LogP contribution in [0.2, 0.25) is 0 Å². The van der Waals surface area contributed by atoms with Gasteiger partial charge in [0.1, 0.15) is 18.3 Å². The summed E-state index contributed by atoms with van der Waals surface area (Å²) in [5, 5.41) is 45.0. The molecule has 5 N–H and O–H groups in total. The van der Waals surface area contributed by atoms with Crippen LogP contribution in [0.1, 0.15) is 0 Å². The van der Waals surface area contributed by atoms with Gasteiger partial charge in [0.15, 0.2) is 0 Å². The smallest absolute Gasteiger partial charge is 0.218 e. The molecule has 6 heteroatoms. The van der Waals surface area contributed by atoms with Gasteiger partial charge in [-0.25, -0.2) is 0 Å². The number of hydrogen-bond acceptors (Lipinski definition) is 6. The van der Waals surface area contributed by atoms with E-state index >= 15 is 0 Å². The van der Waals surface area contributed by atoms with Gasteiger partial charge in [0.05, 0.1) is 13.2 Å². The summed E-state index contributed by atoms with van der Waals surface area (Å²) in [6.45, 7) is -1.16. The van der Waals surface area contributed by atoms with Crippen molar-refractivity contribution in [3.05, 3.63) is 0 Å². The summed E-state index contributed by atoms with van der Waals surface area (Å²) in [5.41, 5.74) is 0. The van der Waals surface area contributed by atoms with E-state index in [1.54, 1.807) is 0 Å². The van der Waals surface area contributed by atoms with E-state index in [-0.39, 0.29) is 6.61 Å². The molecule has 0 aromatic carbocycles. The van der Waals surface area contributed by atoms with E-state index in [9.17, 15) is 5.11 Å². The van der Waals surface area contributed by atoms with Crippen molar-refractivity contribution in [1.82, 2.24) is 0 Å². The molecule has 12 heavy (non-hydrogen) atoms. The molecule has 0 saturated carbocycles. The van der Waals surface area contributed by atoms with Crippen molar-refractivity contribution in [2.24, 2.45) is 0 Å². The van der Waals surface area contributed by atoms with Crippen LogP contribution in [0.5, 0.6) is 0 Å². The Morgan fingerprint density at radius 2 is 1.92 bits per heavy atom. The van der Waals surface area contributed by atoms with E-state index in [0.29, 0.717) is 0 Å². The lowest BCUT2D eigenvalue weighted by Gasteiger charge is -2.40. The molecule has 0 amide bonds. The summed E-state index contributed by atoms with van der Waals surface area (Å²) in [5.74, 6) is -2.17. The lowest BCUT2D eigenvalue weighted by atomic mass is 10.9. The molecule has 0 spiro atoms. The maximum atomic E-state index is 9.24. The molecular formula is C6H12O6. The number of ether oxygens (including phenoxy) is 1. The Hall–Kier alpha value is -0.240. The topological polar surface area (TPSA) is 110 Å². The molecule has 1 fully saturated rings. The highest BCUT2D eigenvalue weighted by molar-refractivity contribution is 4.90. The van der Waals surface area contributed by atoms with Crippen LogP contribution in [0.15, 0.2) is 0 Å². The molecule has 1 unspecified atom stereocenters. The van der Waals surface area contributed by atoms with Crippen LogP contribution in [0, 0.1) is 0 Å². The standard InChI is InChI=1S/C6H12O6/c7-2-6(11)5(10)4(9)3(8)1-12-6/h3-5,7-11H,1-2H2/t3-,4-,5+,6?/m0/s1/i1+1,2+1,3+1,4+1,5+1,6+1. The first kappa shape index (κ1) is 9.85. The zero-order valence-electron chi connectivity index (χ0n) is 6.29. The van der Waals surface area contributed by atoms with Gasteiger partial charge in [0, 0.05) is 0 Å². The lowest BCUT2D eigenvalue weighted by molar-refractivity contribution is -0.331. The summed E-state index contributed by atoms with van der Waals surface area (Å²) in [4.78, 5) is 0. The summed E-state index contributed by atoms with van der Waals surface area (Å²) in [6.07, 6.45) is -4.45. The van der Waals surface area contributed by atoms with Gasteiger partial charge in [0.2, 0.25) is 5.79 Å². The van der Waals surface area contributed by atoms with Gasteiger partial charge >= 0.3 is 0 Å². The monoisotopic (exact) mass is 186 g/mol. The minimum Gasteiger partial charge on any atom is -0.391 e. The minimum absolute atomic E-state index is 0.324. The molecule has 72 valence electrons. The van der Waals surface area contributed by atoms with Crippen molar-refractivity contribution in [3.8, 4) is 0 Å². The van der Waals surface area contributed by atoms with Crippen LogP contribution in [-0.2, 0) is 4.74 Å². The molecule has 1 saturated heterocycles. The predicted octanol–water partition coefficient (Wildman–Crippen LogP) is -3.22. The second-order valence-electron chi connectivity index (χ2n) is 2.82. The first-order chi connectivity index (χ1) is 5.51. The van der Waals surface area contributed by atoms with E-state index in [0.717, 1.165) is 0 Å². The average Bonchev–Trinajstić information content (AvgIpc) is 2.09. The van der Waals surface area contributed by atoms with E-state index in [4.69, 9.17) is 20.4 Å². The fourth-order valence-electron chi connectivity index (χ4n) is 1.03. The minimum atomic E-state index is -2.17. The fourth-order valence-corrected chi connectivity index (χ4v) is 1.03. The largest absolute Gasteiger partial charge is 0.391 e. The first-order valence-corrected chi connectivity index (χ1v) is 3.52. The molecule has 0 bridgehead atoms. The molecule has 6 nitrogen and oxygen atoms in total. The Bertz CT molecular complexity index is 162. The van der Waals surface area contributed by atoms with Gasteiger partial charge in [-0.05, 0) is 0 Å². The number of rotatable bonds is 1. The molecule has 1 rings (SSSR count). The van der Waals surface area contributed by atoms with E-state index in [2.05, 4.69) is 4.74 Å². The zero-order chi connectivity index (χ0) is 9.35. The number of hydrogen-bond donors (Lipinski definition) is 5.